The number of aryl methyl sites for hydroxylation is 1. The van der Waals surface area contributed by atoms with Crippen molar-refractivity contribution in [2.45, 2.75) is 75.2 Å². The summed E-state index contributed by atoms with van der Waals surface area (Å²) in [5.74, 6) is 0. The number of hydrogen-bond acceptors (Lipinski definition) is 0. The molecule has 1 heterocycles. The van der Waals surface area contributed by atoms with Gasteiger partial charge in [0.1, 0.15) is 7.05 Å². The monoisotopic (exact) mass is 372 g/mol. The second-order valence-corrected chi connectivity index (χ2v) is 8.96. The van der Waals surface area contributed by atoms with Gasteiger partial charge in [0.15, 0.2) is 5.69 Å². The zero-order valence-electron chi connectivity index (χ0n) is 19.4. The van der Waals surface area contributed by atoms with E-state index in [-0.39, 0.29) is 0 Å². The number of rotatable bonds is 2. The highest BCUT2D eigenvalue weighted by Crippen LogP contribution is 2.48. The lowest BCUT2D eigenvalue weighted by atomic mass is 9.72. The van der Waals surface area contributed by atoms with Gasteiger partial charge in [-0.3, -0.25) is 0 Å². The first-order valence-corrected chi connectivity index (χ1v) is 10.7. The molecule has 28 heavy (non-hydrogen) atoms. The highest BCUT2D eigenvalue weighted by molar-refractivity contribution is 6.08. The number of nitrogens with zero attached hydrogens (tertiary/aromatic N) is 1. The predicted molar refractivity (Wildman–Crippen MR) is 121 cm³/mol. The third-order valence-electron chi connectivity index (χ3n) is 8.07. The molecule has 2 aromatic carbocycles. The maximum absolute atomic E-state index is 2.46. The maximum atomic E-state index is 2.46. The topological polar surface area (TPSA) is 3.88 Å². The summed E-state index contributed by atoms with van der Waals surface area (Å²) in [6.07, 6.45) is 2.21. The summed E-state index contributed by atoms with van der Waals surface area (Å²) in [7, 11) is 2.26. The molecule has 1 nitrogen and oxygen atoms in total. The normalized spacial score (nSPS) is 12.6. The molecule has 0 saturated heterocycles. The molecule has 0 unspecified atom stereocenters. The van der Waals surface area contributed by atoms with Gasteiger partial charge in [0.2, 0.25) is 5.69 Å². The van der Waals surface area contributed by atoms with E-state index >= 15 is 0 Å². The maximum Gasteiger partial charge on any atom is 0.216 e. The van der Waals surface area contributed by atoms with Gasteiger partial charge in [-0.25, -0.2) is 0 Å². The van der Waals surface area contributed by atoms with Gasteiger partial charge in [-0.2, -0.15) is 4.57 Å². The highest BCUT2D eigenvalue weighted by atomic mass is 15.0. The Morgan fingerprint density at radius 3 is 1.79 bits per heavy atom. The number of benzene rings is 2. The molecule has 0 spiro atoms. The Morgan fingerprint density at radius 1 is 0.643 bits per heavy atom. The largest absolute Gasteiger partial charge is 0.216 e. The third kappa shape index (κ3) is 2.16. The van der Waals surface area contributed by atoms with Gasteiger partial charge in [0, 0.05) is 18.1 Å². The Hall–Kier alpha value is -2.15. The van der Waals surface area contributed by atoms with E-state index in [1.54, 1.807) is 16.5 Å². The molecule has 1 aliphatic carbocycles. The van der Waals surface area contributed by atoms with E-state index in [9.17, 15) is 0 Å². The minimum Gasteiger partial charge on any atom is -0.198 e. The van der Waals surface area contributed by atoms with E-state index in [1.165, 1.54) is 66.8 Å². The molecule has 1 aromatic heterocycles. The molecule has 146 valence electrons. The fourth-order valence-electron chi connectivity index (χ4n) is 5.51. The van der Waals surface area contributed by atoms with Crippen molar-refractivity contribution in [3.05, 3.63) is 61.3 Å². The summed E-state index contributed by atoms with van der Waals surface area (Å²) in [5.41, 5.74) is 19.2. The fraction of sp³-hybridized carbons (Fsp3) is 0.444. The van der Waals surface area contributed by atoms with E-state index in [4.69, 9.17) is 0 Å². The van der Waals surface area contributed by atoms with Crippen LogP contribution >= 0.6 is 0 Å². The Morgan fingerprint density at radius 2 is 1.21 bits per heavy atom. The van der Waals surface area contributed by atoms with Crippen LogP contribution in [0.15, 0.2) is 0 Å². The van der Waals surface area contributed by atoms with Crippen molar-refractivity contribution in [2.75, 3.05) is 0 Å². The van der Waals surface area contributed by atoms with Gasteiger partial charge in [0.25, 0.3) is 0 Å². The van der Waals surface area contributed by atoms with E-state index in [0.29, 0.717) is 0 Å². The van der Waals surface area contributed by atoms with Gasteiger partial charge in [-0.1, -0.05) is 6.92 Å². The van der Waals surface area contributed by atoms with E-state index in [0.717, 1.165) is 12.8 Å². The lowest BCUT2D eigenvalue weighted by molar-refractivity contribution is -0.667. The summed E-state index contributed by atoms with van der Waals surface area (Å²) in [6.45, 7) is 20.8. The molecule has 0 fully saturated rings. The van der Waals surface area contributed by atoms with Crippen molar-refractivity contribution in [3.8, 4) is 11.3 Å². The Bertz CT molecular complexity index is 1180. The summed E-state index contributed by atoms with van der Waals surface area (Å²) < 4.78 is 2.46. The van der Waals surface area contributed by atoms with Crippen LogP contribution in [0, 0.1) is 55.4 Å². The summed E-state index contributed by atoms with van der Waals surface area (Å²) >= 11 is 0. The SMILES string of the molecule is CCc1c(C)c(C)c(C)[n+](C)c1-c1c(C)c(C)c2c3c(c(C)c(C)c(C)c13)C2. The predicted octanol–water partition coefficient (Wildman–Crippen LogP) is 6.27. The van der Waals surface area contributed by atoms with Crippen molar-refractivity contribution < 1.29 is 4.57 Å². The number of hydrogen-bond donors (Lipinski definition) is 0. The standard InChI is InChI=1S/C27H34N/c1-11-21-16(5)14(3)20(9)28(10)27(21)25-19(8)17(6)23-12-22-15(4)13(2)18(7)24(25)26(22)23/h11-12H2,1-10H3/q+1. The average Bonchev–Trinajstić information content (AvgIpc) is 2.65. The second kappa shape index (κ2) is 6.17. The summed E-state index contributed by atoms with van der Waals surface area (Å²) in [6, 6.07) is 0. The van der Waals surface area contributed by atoms with Crippen molar-refractivity contribution in [1.82, 2.24) is 0 Å². The van der Waals surface area contributed by atoms with Gasteiger partial charge < -0.3 is 0 Å². The van der Waals surface area contributed by atoms with Crippen molar-refractivity contribution in [3.63, 3.8) is 0 Å². The molecule has 0 amide bonds. The second-order valence-electron chi connectivity index (χ2n) is 8.96. The van der Waals surface area contributed by atoms with Crippen LogP contribution in [0.1, 0.15) is 68.3 Å². The van der Waals surface area contributed by atoms with Crippen molar-refractivity contribution >= 4 is 10.8 Å². The molecule has 3 aromatic rings. The zero-order valence-corrected chi connectivity index (χ0v) is 19.4. The van der Waals surface area contributed by atoms with Crippen LogP contribution in [-0.4, -0.2) is 0 Å². The Kier molecular flexibility index (Phi) is 4.23. The molecular weight excluding hydrogens is 338 g/mol. The van der Waals surface area contributed by atoms with Gasteiger partial charge in [-0.15, -0.1) is 0 Å². The zero-order chi connectivity index (χ0) is 20.7. The highest BCUT2D eigenvalue weighted by Gasteiger charge is 2.33. The first kappa shape index (κ1) is 19.2. The van der Waals surface area contributed by atoms with Gasteiger partial charge in [-0.05, 0) is 117 Å². The molecule has 0 saturated carbocycles. The third-order valence-corrected chi connectivity index (χ3v) is 8.07. The minimum atomic E-state index is 1.06. The van der Waals surface area contributed by atoms with E-state index < -0.39 is 0 Å². The Labute approximate surface area is 170 Å². The first-order chi connectivity index (χ1) is 13.1. The van der Waals surface area contributed by atoms with Crippen molar-refractivity contribution in [1.29, 1.82) is 0 Å². The molecule has 1 heteroatoms. The van der Waals surface area contributed by atoms with Gasteiger partial charge >= 0.3 is 0 Å². The molecule has 0 atom stereocenters. The molecule has 0 bridgehead atoms. The minimum absolute atomic E-state index is 1.06. The van der Waals surface area contributed by atoms with Crippen LogP contribution in [0.2, 0.25) is 0 Å². The van der Waals surface area contributed by atoms with Crippen LogP contribution < -0.4 is 4.57 Å². The van der Waals surface area contributed by atoms with Crippen molar-refractivity contribution in [2.24, 2.45) is 7.05 Å². The number of aromatic nitrogens is 1. The Balaban J connectivity index is 2.30. The molecule has 1 aliphatic rings. The van der Waals surface area contributed by atoms with Crippen LogP contribution in [0.25, 0.3) is 22.0 Å². The summed E-state index contributed by atoms with van der Waals surface area (Å²) in [5, 5.41) is 3.06. The first-order valence-electron chi connectivity index (χ1n) is 10.7. The van der Waals surface area contributed by atoms with E-state index in [2.05, 4.69) is 73.9 Å². The lowest BCUT2D eigenvalue weighted by Gasteiger charge is -2.31. The van der Waals surface area contributed by atoms with Crippen LogP contribution in [0.4, 0.5) is 0 Å². The van der Waals surface area contributed by atoms with Crippen LogP contribution in [0.5, 0.6) is 0 Å². The molecule has 0 aliphatic heterocycles. The van der Waals surface area contributed by atoms with Crippen LogP contribution in [0.3, 0.4) is 0 Å². The molecule has 0 N–H and O–H groups in total. The summed E-state index contributed by atoms with van der Waals surface area (Å²) in [4.78, 5) is 0. The average molecular weight is 373 g/mol. The number of pyridine rings is 1. The molecular formula is C27H34N+. The van der Waals surface area contributed by atoms with Crippen LogP contribution in [-0.2, 0) is 19.9 Å². The smallest absolute Gasteiger partial charge is 0.198 e. The van der Waals surface area contributed by atoms with Gasteiger partial charge in [0.05, 0.1) is 5.56 Å². The lowest BCUT2D eigenvalue weighted by Crippen LogP contribution is -2.38. The molecule has 4 rings (SSSR count). The quantitative estimate of drug-likeness (QED) is 0.365. The molecule has 0 radical (unpaired) electrons. The fourth-order valence-corrected chi connectivity index (χ4v) is 5.51. The van der Waals surface area contributed by atoms with E-state index in [1.807, 2.05) is 0 Å².